The minimum absolute atomic E-state index is 0.0381. The Morgan fingerprint density at radius 3 is 1.94 bits per heavy atom. The van der Waals surface area contributed by atoms with E-state index in [0.717, 1.165) is 11.8 Å². The SMILES string of the molecule is [CH2]C(CO)c1cc(C2CC2)cc(C2CC2)c1. The highest BCUT2D eigenvalue weighted by atomic mass is 16.3. The van der Waals surface area contributed by atoms with Crippen LogP contribution >= 0.6 is 0 Å². The lowest BCUT2D eigenvalue weighted by Gasteiger charge is -2.13. The first-order valence-corrected chi connectivity index (χ1v) is 6.36. The minimum atomic E-state index is 0.0381. The maximum Gasteiger partial charge on any atom is 0.0499 e. The van der Waals surface area contributed by atoms with Crippen molar-refractivity contribution < 1.29 is 5.11 Å². The maximum atomic E-state index is 9.22. The molecule has 1 heteroatoms. The Balaban J connectivity index is 1.95. The van der Waals surface area contributed by atoms with Crippen LogP contribution in [-0.2, 0) is 0 Å². The van der Waals surface area contributed by atoms with Gasteiger partial charge in [0.05, 0.1) is 0 Å². The van der Waals surface area contributed by atoms with Crippen molar-refractivity contribution in [2.45, 2.75) is 43.4 Å². The molecule has 0 amide bonds. The van der Waals surface area contributed by atoms with Crippen molar-refractivity contribution in [3.05, 3.63) is 41.8 Å². The van der Waals surface area contributed by atoms with E-state index >= 15 is 0 Å². The summed E-state index contributed by atoms with van der Waals surface area (Å²) in [5.74, 6) is 1.63. The third-order valence-corrected chi connectivity index (χ3v) is 3.79. The number of benzene rings is 1. The van der Waals surface area contributed by atoms with E-state index in [9.17, 15) is 5.11 Å². The molecule has 0 bridgehead atoms. The summed E-state index contributed by atoms with van der Waals surface area (Å²) in [6, 6.07) is 6.91. The number of aliphatic hydroxyl groups excluding tert-OH is 1. The quantitative estimate of drug-likeness (QED) is 0.816. The smallest absolute Gasteiger partial charge is 0.0499 e. The third-order valence-electron chi connectivity index (χ3n) is 3.79. The van der Waals surface area contributed by atoms with Crippen molar-refractivity contribution in [1.29, 1.82) is 0 Å². The molecular formula is C15H19O. The van der Waals surface area contributed by atoms with Gasteiger partial charge in [-0.15, -0.1) is 0 Å². The molecule has 0 aliphatic heterocycles. The Morgan fingerprint density at radius 2 is 1.56 bits per heavy atom. The van der Waals surface area contributed by atoms with Crippen molar-refractivity contribution in [3.8, 4) is 0 Å². The average Bonchev–Trinajstić information content (AvgIpc) is 3.20. The van der Waals surface area contributed by atoms with Crippen molar-refractivity contribution in [3.63, 3.8) is 0 Å². The van der Waals surface area contributed by atoms with Gasteiger partial charge in [-0.05, 0) is 61.1 Å². The van der Waals surface area contributed by atoms with Gasteiger partial charge in [0.2, 0.25) is 0 Å². The highest BCUT2D eigenvalue weighted by molar-refractivity contribution is 5.39. The summed E-state index contributed by atoms with van der Waals surface area (Å²) < 4.78 is 0. The first-order chi connectivity index (χ1) is 7.78. The summed E-state index contributed by atoms with van der Waals surface area (Å²) in [6.07, 6.45) is 5.37. The second kappa shape index (κ2) is 3.89. The Hall–Kier alpha value is -0.820. The van der Waals surface area contributed by atoms with E-state index in [1.807, 2.05) is 0 Å². The molecule has 1 radical (unpaired) electrons. The van der Waals surface area contributed by atoms with E-state index in [4.69, 9.17) is 0 Å². The molecule has 1 aromatic carbocycles. The highest BCUT2D eigenvalue weighted by Crippen LogP contribution is 2.45. The predicted molar refractivity (Wildman–Crippen MR) is 65.6 cm³/mol. The molecular weight excluding hydrogens is 196 g/mol. The zero-order valence-electron chi connectivity index (χ0n) is 9.65. The fourth-order valence-corrected chi connectivity index (χ4v) is 2.35. The summed E-state index contributed by atoms with van der Waals surface area (Å²) >= 11 is 0. The molecule has 2 saturated carbocycles. The summed E-state index contributed by atoms with van der Waals surface area (Å²) in [5, 5.41) is 9.22. The van der Waals surface area contributed by atoms with Crippen LogP contribution < -0.4 is 0 Å². The van der Waals surface area contributed by atoms with Crippen molar-refractivity contribution >= 4 is 0 Å². The second-order valence-electron chi connectivity index (χ2n) is 5.36. The van der Waals surface area contributed by atoms with Gasteiger partial charge in [-0.1, -0.05) is 18.2 Å². The van der Waals surface area contributed by atoms with Gasteiger partial charge in [0.1, 0.15) is 0 Å². The molecule has 2 fully saturated rings. The Bertz CT molecular complexity index is 358. The van der Waals surface area contributed by atoms with Crippen molar-refractivity contribution in [2.24, 2.45) is 0 Å². The molecule has 0 spiro atoms. The highest BCUT2D eigenvalue weighted by Gasteiger charge is 2.28. The van der Waals surface area contributed by atoms with Gasteiger partial charge in [-0.25, -0.2) is 0 Å². The molecule has 1 N–H and O–H groups in total. The lowest BCUT2D eigenvalue weighted by Crippen LogP contribution is -2.01. The number of hydrogen-bond donors (Lipinski definition) is 1. The largest absolute Gasteiger partial charge is 0.396 e. The monoisotopic (exact) mass is 215 g/mol. The van der Waals surface area contributed by atoms with Gasteiger partial charge >= 0.3 is 0 Å². The van der Waals surface area contributed by atoms with Crippen LogP contribution in [0.3, 0.4) is 0 Å². The van der Waals surface area contributed by atoms with E-state index < -0.39 is 0 Å². The van der Waals surface area contributed by atoms with E-state index in [1.54, 1.807) is 0 Å². The lowest BCUT2D eigenvalue weighted by atomic mass is 9.94. The Labute approximate surface area is 97.5 Å². The molecule has 16 heavy (non-hydrogen) atoms. The fourth-order valence-electron chi connectivity index (χ4n) is 2.35. The van der Waals surface area contributed by atoms with Crippen molar-refractivity contribution in [2.75, 3.05) is 6.61 Å². The lowest BCUT2D eigenvalue weighted by molar-refractivity contribution is 0.282. The van der Waals surface area contributed by atoms with Gasteiger partial charge in [-0.2, -0.15) is 0 Å². The summed E-state index contributed by atoms with van der Waals surface area (Å²) in [5.41, 5.74) is 4.21. The fraction of sp³-hybridized carbons (Fsp3) is 0.533. The van der Waals surface area contributed by atoms with Crippen LogP contribution in [0.15, 0.2) is 18.2 Å². The van der Waals surface area contributed by atoms with Crippen LogP contribution in [0.25, 0.3) is 0 Å². The van der Waals surface area contributed by atoms with Crippen LogP contribution in [0.2, 0.25) is 0 Å². The molecule has 2 aliphatic carbocycles. The Kier molecular flexibility index (Phi) is 2.51. The maximum absolute atomic E-state index is 9.22. The molecule has 3 rings (SSSR count). The van der Waals surface area contributed by atoms with E-state index in [2.05, 4.69) is 25.1 Å². The topological polar surface area (TPSA) is 20.2 Å². The van der Waals surface area contributed by atoms with Gasteiger partial charge < -0.3 is 5.11 Å². The van der Waals surface area contributed by atoms with Gasteiger partial charge in [0, 0.05) is 12.5 Å². The number of rotatable bonds is 4. The predicted octanol–water partition coefficient (Wildman–Crippen LogP) is 3.35. The average molecular weight is 215 g/mol. The molecule has 0 heterocycles. The molecule has 1 aromatic rings. The van der Waals surface area contributed by atoms with Crippen molar-refractivity contribution in [1.82, 2.24) is 0 Å². The van der Waals surface area contributed by atoms with Gasteiger partial charge in [0.15, 0.2) is 0 Å². The molecule has 0 saturated heterocycles. The number of aliphatic hydroxyl groups is 1. The van der Waals surface area contributed by atoms with E-state index in [1.165, 1.54) is 42.4 Å². The zero-order chi connectivity index (χ0) is 11.1. The molecule has 1 nitrogen and oxygen atoms in total. The van der Waals surface area contributed by atoms with Crippen LogP contribution in [0.5, 0.6) is 0 Å². The van der Waals surface area contributed by atoms with Crippen LogP contribution in [0.1, 0.15) is 60.1 Å². The van der Waals surface area contributed by atoms with Gasteiger partial charge in [0.25, 0.3) is 0 Å². The summed E-state index contributed by atoms with van der Waals surface area (Å²) in [4.78, 5) is 0. The van der Waals surface area contributed by atoms with E-state index in [-0.39, 0.29) is 12.5 Å². The molecule has 1 unspecified atom stereocenters. The normalized spacial score (nSPS) is 22.1. The van der Waals surface area contributed by atoms with E-state index in [0.29, 0.717) is 0 Å². The standard InChI is InChI=1S/C15H19O/c1-10(9-16)13-6-14(11-2-3-11)8-15(7-13)12-4-5-12/h6-8,10-12,16H,1-5,9H2. The zero-order valence-corrected chi connectivity index (χ0v) is 9.65. The third kappa shape index (κ3) is 2.01. The molecule has 2 aliphatic rings. The molecule has 1 atom stereocenters. The first-order valence-electron chi connectivity index (χ1n) is 6.36. The molecule has 0 aromatic heterocycles. The minimum Gasteiger partial charge on any atom is -0.396 e. The van der Waals surface area contributed by atoms with Crippen LogP contribution in [0, 0.1) is 6.92 Å². The second-order valence-corrected chi connectivity index (χ2v) is 5.36. The first kappa shape index (κ1) is 10.3. The molecule has 85 valence electrons. The van der Waals surface area contributed by atoms with Crippen LogP contribution in [0.4, 0.5) is 0 Å². The van der Waals surface area contributed by atoms with Crippen LogP contribution in [-0.4, -0.2) is 11.7 Å². The van der Waals surface area contributed by atoms with Gasteiger partial charge in [-0.3, -0.25) is 0 Å². The summed E-state index contributed by atoms with van der Waals surface area (Å²) in [7, 11) is 0. The Morgan fingerprint density at radius 1 is 1.06 bits per heavy atom. The summed E-state index contributed by atoms with van der Waals surface area (Å²) in [6.45, 7) is 4.17. The number of hydrogen-bond acceptors (Lipinski definition) is 1.